The number of nitrogens with one attached hydrogen (secondary N) is 1. The standard InChI is InChI=1S/C13H20N2O/c1-10-3-5-12(6-4-10)9-15-13(16)11(2)7-8-14/h3-6,11H,7-9,14H2,1-2H3,(H,15,16). The second kappa shape index (κ2) is 6.28. The molecule has 1 amide bonds. The van der Waals surface area contributed by atoms with Crippen LogP contribution in [0, 0.1) is 12.8 Å². The van der Waals surface area contributed by atoms with Gasteiger partial charge >= 0.3 is 0 Å². The molecular weight excluding hydrogens is 200 g/mol. The lowest BCUT2D eigenvalue weighted by molar-refractivity contribution is -0.124. The Morgan fingerprint density at radius 3 is 2.56 bits per heavy atom. The molecule has 0 radical (unpaired) electrons. The fourth-order valence-corrected chi connectivity index (χ4v) is 1.45. The van der Waals surface area contributed by atoms with Crippen molar-refractivity contribution in [1.29, 1.82) is 0 Å². The van der Waals surface area contributed by atoms with Gasteiger partial charge in [-0.25, -0.2) is 0 Å². The van der Waals surface area contributed by atoms with Gasteiger partial charge in [0.05, 0.1) is 0 Å². The van der Waals surface area contributed by atoms with Crippen LogP contribution in [0.1, 0.15) is 24.5 Å². The van der Waals surface area contributed by atoms with Crippen molar-refractivity contribution in [3.8, 4) is 0 Å². The summed E-state index contributed by atoms with van der Waals surface area (Å²) in [5.41, 5.74) is 7.76. The second-order valence-electron chi connectivity index (χ2n) is 4.18. The molecule has 16 heavy (non-hydrogen) atoms. The predicted molar refractivity (Wildman–Crippen MR) is 65.9 cm³/mol. The molecule has 0 aliphatic carbocycles. The van der Waals surface area contributed by atoms with E-state index in [0.717, 1.165) is 12.0 Å². The Hall–Kier alpha value is -1.35. The third-order valence-corrected chi connectivity index (χ3v) is 2.63. The monoisotopic (exact) mass is 220 g/mol. The number of rotatable bonds is 5. The molecule has 0 aromatic heterocycles. The van der Waals surface area contributed by atoms with E-state index in [9.17, 15) is 4.79 Å². The largest absolute Gasteiger partial charge is 0.352 e. The topological polar surface area (TPSA) is 55.1 Å². The molecular formula is C13H20N2O. The van der Waals surface area contributed by atoms with Crippen molar-refractivity contribution in [2.45, 2.75) is 26.8 Å². The highest BCUT2D eigenvalue weighted by Crippen LogP contribution is 2.04. The summed E-state index contributed by atoms with van der Waals surface area (Å²) in [4.78, 5) is 11.6. The molecule has 3 nitrogen and oxygen atoms in total. The summed E-state index contributed by atoms with van der Waals surface area (Å²) in [5, 5.41) is 2.91. The van der Waals surface area contributed by atoms with Crippen LogP contribution in [0.5, 0.6) is 0 Å². The highest BCUT2D eigenvalue weighted by Gasteiger charge is 2.10. The highest BCUT2D eigenvalue weighted by molar-refractivity contribution is 5.78. The Kier molecular flexibility index (Phi) is 4.99. The van der Waals surface area contributed by atoms with E-state index in [2.05, 4.69) is 5.32 Å². The molecule has 1 rings (SSSR count). The molecule has 0 saturated heterocycles. The first-order chi connectivity index (χ1) is 7.63. The van der Waals surface area contributed by atoms with Crippen molar-refractivity contribution in [3.63, 3.8) is 0 Å². The van der Waals surface area contributed by atoms with Crippen molar-refractivity contribution in [2.75, 3.05) is 6.54 Å². The first-order valence-corrected chi connectivity index (χ1v) is 5.67. The van der Waals surface area contributed by atoms with Gasteiger partial charge in [-0.15, -0.1) is 0 Å². The summed E-state index contributed by atoms with van der Waals surface area (Å²) in [6.07, 6.45) is 0.736. The van der Waals surface area contributed by atoms with Gasteiger partial charge in [0, 0.05) is 12.5 Å². The average molecular weight is 220 g/mol. The SMILES string of the molecule is Cc1ccc(CNC(=O)C(C)CCN)cc1. The summed E-state index contributed by atoms with van der Waals surface area (Å²) >= 11 is 0. The minimum absolute atomic E-state index is 0.00421. The van der Waals surface area contributed by atoms with Crippen LogP contribution in [0.15, 0.2) is 24.3 Å². The van der Waals surface area contributed by atoms with Crippen molar-refractivity contribution in [3.05, 3.63) is 35.4 Å². The van der Waals surface area contributed by atoms with Crippen molar-refractivity contribution in [1.82, 2.24) is 5.32 Å². The molecule has 1 aromatic rings. The lowest BCUT2D eigenvalue weighted by atomic mass is 10.1. The molecule has 0 heterocycles. The molecule has 0 spiro atoms. The van der Waals surface area contributed by atoms with E-state index in [0.29, 0.717) is 13.1 Å². The molecule has 88 valence electrons. The maximum atomic E-state index is 11.6. The van der Waals surface area contributed by atoms with Crippen LogP contribution in [0.3, 0.4) is 0 Å². The van der Waals surface area contributed by atoms with Crippen LogP contribution in [-0.4, -0.2) is 12.5 Å². The summed E-state index contributed by atoms with van der Waals surface area (Å²) in [6.45, 7) is 5.09. The van der Waals surface area contributed by atoms with Gasteiger partial charge in [-0.2, -0.15) is 0 Å². The number of aryl methyl sites for hydroxylation is 1. The van der Waals surface area contributed by atoms with Gasteiger partial charge in [0.15, 0.2) is 0 Å². The fraction of sp³-hybridized carbons (Fsp3) is 0.462. The lowest BCUT2D eigenvalue weighted by Gasteiger charge is -2.11. The maximum absolute atomic E-state index is 11.6. The van der Waals surface area contributed by atoms with Gasteiger partial charge in [-0.05, 0) is 25.5 Å². The molecule has 3 N–H and O–H groups in total. The number of carbonyl (C=O) groups excluding carboxylic acids is 1. The zero-order valence-electron chi connectivity index (χ0n) is 9.99. The van der Waals surface area contributed by atoms with Crippen LogP contribution >= 0.6 is 0 Å². The van der Waals surface area contributed by atoms with Crippen molar-refractivity contribution < 1.29 is 4.79 Å². The van der Waals surface area contributed by atoms with E-state index >= 15 is 0 Å². The Morgan fingerprint density at radius 1 is 1.38 bits per heavy atom. The number of benzene rings is 1. The van der Waals surface area contributed by atoms with E-state index in [4.69, 9.17) is 5.73 Å². The molecule has 0 saturated carbocycles. The second-order valence-corrected chi connectivity index (χ2v) is 4.18. The van der Waals surface area contributed by atoms with Gasteiger partial charge in [-0.1, -0.05) is 36.8 Å². The minimum Gasteiger partial charge on any atom is -0.352 e. The van der Waals surface area contributed by atoms with Crippen LogP contribution in [0.25, 0.3) is 0 Å². The zero-order valence-corrected chi connectivity index (χ0v) is 9.99. The van der Waals surface area contributed by atoms with E-state index in [-0.39, 0.29) is 11.8 Å². The van der Waals surface area contributed by atoms with Crippen molar-refractivity contribution >= 4 is 5.91 Å². The van der Waals surface area contributed by atoms with E-state index < -0.39 is 0 Å². The summed E-state index contributed by atoms with van der Waals surface area (Å²) in [7, 11) is 0. The zero-order chi connectivity index (χ0) is 12.0. The predicted octanol–water partition coefficient (Wildman–Crippen LogP) is 1.60. The molecule has 0 fully saturated rings. The summed E-state index contributed by atoms with van der Waals surface area (Å²) in [5.74, 6) is 0.0708. The van der Waals surface area contributed by atoms with Crippen molar-refractivity contribution in [2.24, 2.45) is 11.7 Å². The van der Waals surface area contributed by atoms with E-state index in [1.807, 2.05) is 38.1 Å². The average Bonchev–Trinajstić information content (AvgIpc) is 2.28. The number of carbonyl (C=O) groups is 1. The third-order valence-electron chi connectivity index (χ3n) is 2.63. The maximum Gasteiger partial charge on any atom is 0.223 e. The molecule has 0 aliphatic heterocycles. The lowest BCUT2D eigenvalue weighted by Crippen LogP contribution is -2.29. The quantitative estimate of drug-likeness (QED) is 0.792. The third kappa shape index (κ3) is 4.03. The van der Waals surface area contributed by atoms with Crippen LogP contribution < -0.4 is 11.1 Å². The molecule has 1 aromatic carbocycles. The smallest absolute Gasteiger partial charge is 0.223 e. The van der Waals surface area contributed by atoms with E-state index in [1.54, 1.807) is 0 Å². The molecule has 0 bridgehead atoms. The number of hydrogen-bond acceptors (Lipinski definition) is 2. The Bertz CT molecular complexity index is 332. The number of amides is 1. The Balaban J connectivity index is 2.39. The summed E-state index contributed by atoms with van der Waals surface area (Å²) < 4.78 is 0. The first-order valence-electron chi connectivity index (χ1n) is 5.67. The molecule has 3 heteroatoms. The minimum atomic E-state index is -0.00421. The van der Waals surface area contributed by atoms with Gasteiger partial charge < -0.3 is 11.1 Å². The number of hydrogen-bond donors (Lipinski definition) is 2. The number of nitrogens with two attached hydrogens (primary N) is 1. The Labute approximate surface area is 97.0 Å². The van der Waals surface area contributed by atoms with Gasteiger partial charge in [0.25, 0.3) is 0 Å². The van der Waals surface area contributed by atoms with E-state index in [1.165, 1.54) is 5.56 Å². The molecule has 1 atom stereocenters. The summed E-state index contributed by atoms with van der Waals surface area (Å²) in [6, 6.07) is 8.15. The van der Waals surface area contributed by atoms with Gasteiger partial charge in [-0.3, -0.25) is 4.79 Å². The van der Waals surface area contributed by atoms with Crippen LogP contribution in [0.4, 0.5) is 0 Å². The normalized spacial score (nSPS) is 12.2. The highest BCUT2D eigenvalue weighted by atomic mass is 16.1. The van der Waals surface area contributed by atoms with Gasteiger partial charge in [0.1, 0.15) is 0 Å². The Morgan fingerprint density at radius 2 is 2.00 bits per heavy atom. The fourth-order valence-electron chi connectivity index (χ4n) is 1.45. The van der Waals surface area contributed by atoms with Crippen LogP contribution in [-0.2, 0) is 11.3 Å². The molecule has 1 unspecified atom stereocenters. The molecule has 0 aliphatic rings. The first kappa shape index (κ1) is 12.7. The van der Waals surface area contributed by atoms with Crippen LogP contribution in [0.2, 0.25) is 0 Å². The van der Waals surface area contributed by atoms with Gasteiger partial charge in [0.2, 0.25) is 5.91 Å².